The van der Waals surface area contributed by atoms with Crippen LogP contribution in [0.3, 0.4) is 0 Å². The first-order valence-electron chi connectivity index (χ1n) is 4.38. The number of nitrogens with one attached hydrogen (secondary N) is 1. The summed E-state index contributed by atoms with van der Waals surface area (Å²) in [4.78, 5) is 1.46. The molecule has 0 fully saturated rings. The largest absolute Gasteiger partial charge is 0.354 e. The zero-order chi connectivity index (χ0) is 8.97. The minimum Gasteiger partial charge on any atom is -0.354 e. The van der Waals surface area contributed by atoms with E-state index < -0.39 is 0 Å². The third-order valence-corrected chi connectivity index (χ3v) is 1.87. The van der Waals surface area contributed by atoms with Crippen LogP contribution in [0.5, 0.6) is 0 Å². The van der Waals surface area contributed by atoms with Crippen LogP contribution >= 0.6 is 0 Å². The summed E-state index contributed by atoms with van der Waals surface area (Å²) in [5.74, 6) is 0. The summed E-state index contributed by atoms with van der Waals surface area (Å²) < 4.78 is 0. The normalized spacial score (nSPS) is 10.7. The van der Waals surface area contributed by atoms with Gasteiger partial charge in [-0.25, -0.2) is 0 Å². The summed E-state index contributed by atoms with van der Waals surface area (Å²) in [6.45, 7) is 1.98. The molecule has 0 aliphatic rings. The molecule has 0 aliphatic heterocycles. The van der Waals surface area contributed by atoms with E-state index in [4.69, 9.17) is 0 Å². The Morgan fingerprint density at radius 1 is 1.08 bits per heavy atom. The van der Waals surface area contributed by atoms with Crippen LogP contribution in [0.1, 0.15) is 11.1 Å². The fourth-order valence-corrected chi connectivity index (χ4v) is 1.23. The van der Waals surface area contributed by atoms with Gasteiger partial charge in [0.1, 0.15) is 6.54 Å². The standard InChI is InChI=1S/C10H16N2/c1-12(2)8-10-5-3-9(7-11)4-6-10/h3-6H,7-8,11H2,1-2H3/p+2. The molecule has 2 nitrogen and oxygen atoms in total. The molecule has 2 heteroatoms. The first kappa shape index (κ1) is 9.23. The minimum absolute atomic E-state index is 0.884. The van der Waals surface area contributed by atoms with Gasteiger partial charge < -0.3 is 10.6 Å². The van der Waals surface area contributed by atoms with Crippen molar-refractivity contribution in [2.24, 2.45) is 0 Å². The van der Waals surface area contributed by atoms with Gasteiger partial charge in [0.2, 0.25) is 0 Å². The minimum atomic E-state index is 0.884. The van der Waals surface area contributed by atoms with Crippen LogP contribution in [0.15, 0.2) is 24.3 Å². The Kier molecular flexibility index (Phi) is 3.26. The van der Waals surface area contributed by atoms with Crippen molar-refractivity contribution in [3.63, 3.8) is 0 Å². The van der Waals surface area contributed by atoms with Gasteiger partial charge in [-0.1, -0.05) is 24.3 Å². The summed E-state index contributed by atoms with van der Waals surface area (Å²) in [7, 11) is 4.32. The SMILES string of the molecule is C[NH+](C)Cc1ccc(C[NH3+])cc1. The van der Waals surface area contributed by atoms with Gasteiger partial charge >= 0.3 is 0 Å². The first-order chi connectivity index (χ1) is 5.72. The third kappa shape index (κ3) is 2.64. The van der Waals surface area contributed by atoms with Gasteiger partial charge in [-0.15, -0.1) is 0 Å². The van der Waals surface area contributed by atoms with Crippen LogP contribution < -0.4 is 10.6 Å². The first-order valence-corrected chi connectivity index (χ1v) is 4.38. The van der Waals surface area contributed by atoms with E-state index in [2.05, 4.69) is 44.1 Å². The molecule has 1 rings (SSSR count). The van der Waals surface area contributed by atoms with Crippen LogP contribution in [0, 0.1) is 0 Å². The molecule has 0 spiro atoms. The zero-order valence-corrected chi connectivity index (χ0v) is 7.93. The molecular formula is C10H18N2+2. The molecule has 1 aromatic rings. The highest BCUT2D eigenvalue weighted by molar-refractivity contribution is 5.20. The Hall–Kier alpha value is -0.860. The van der Waals surface area contributed by atoms with Crippen LogP contribution in [0.2, 0.25) is 0 Å². The molecule has 0 radical (unpaired) electrons. The number of quaternary nitrogens is 2. The Bertz CT molecular complexity index is 226. The average molecular weight is 166 g/mol. The lowest BCUT2D eigenvalue weighted by atomic mass is 10.1. The summed E-state index contributed by atoms with van der Waals surface area (Å²) >= 11 is 0. The van der Waals surface area contributed by atoms with Gasteiger partial charge in [-0.05, 0) is 0 Å². The molecule has 0 atom stereocenters. The molecule has 0 amide bonds. The Balaban J connectivity index is 2.65. The van der Waals surface area contributed by atoms with Crippen LogP contribution in [-0.2, 0) is 13.1 Å². The molecule has 0 unspecified atom stereocenters. The van der Waals surface area contributed by atoms with E-state index in [-0.39, 0.29) is 0 Å². The summed E-state index contributed by atoms with van der Waals surface area (Å²) in [6, 6.07) is 8.69. The quantitative estimate of drug-likeness (QED) is 0.582. The second-order valence-corrected chi connectivity index (χ2v) is 3.45. The highest BCUT2D eigenvalue weighted by Crippen LogP contribution is 2.01. The maximum Gasteiger partial charge on any atom is 0.102 e. The Morgan fingerprint density at radius 2 is 1.58 bits per heavy atom. The van der Waals surface area contributed by atoms with Crippen molar-refractivity contribution in [2.75, 3.05) is 14.1 Å². The van der Waals surface area contributed by atoms with E-state index in [9.17, 15) is 0 Å². The van der Waals surface area contributed by atoms with Gasteiger partial charge in [0.25, 0.3) is 0 Å². The van der Waals surface area contributed by atoms with E-state index in [0.717, 1.165) is 13.1 Å². The molecule has 0 saturated carbocycles. The fourth-order valence-electron chi connectivity index (χ4n) is 1.23. The van der Waals surface area contributed by atoms with Crippen LogP contribution in [0.25, 0.3) is 0 Å². The summed E-state index contributed by atoms with van der Waals surface area (Å²) in [5.41, 5.74) is 6.55. The van der Waals surface area contributed by atoms with Crippen LogP contribution in [0.4, 0.5) is 0 Å². The smallest absolute Gasteiger partial charge is 0.102 e. The summed E-state index contributed by atoms with van der Waals surface area (Å²) in [6.07, 6.45) is 0. The van der Waals surface area contributed by atoms with E-state index in [1.807, 2.05) is 0 Å². The number of benzene rings is 1. The highest BCUT2D eigenvalue weighted by Gasteiger charge is 1.97. The molecule has 1 aromatic carbocycles. The van der Waals surface area contributed by atoms with Crippen LogP contribution in [-0.4, -0.2) is 14.1 Å². The van der Waals surface area contributed by atoms with Gasteiger partial charge in [0, 0.05) is 11.1 Å². The lowest BCUT2D eigenvalue weighted by molar-refractivity contribution is -0.872. The lowest BCUT2D eigenvalue weighted by Gasteiger charge is -2.06. The number of hydrogen-bond acceptors (Lipinski definition) is 0. The van der Waals surface area contributed by atoms with Crippen molar-refractivity contribution in [3.05, 3.63) is 35.4 Å². The highest BCUT2D eigenvalue weighted by atomic mass is 15.0. The predicted octanol–water partition coefficient (Wildman–Crippen LogP) is -0.927. The predicted molar refractivity (Wildman–Crippen MR) is 49.5 cm³/mol. The van der Waals surface area contributed by atoms with E-state index >= 15 is 0 Å². The fraction of sp³-hybridized carbons (Fsp3) is 0.400. The second kappa shape index (κ2) is 4.24. The van der Waals surface area contributed by atoms with Gasteiger partial charge in [0.15, 0.2) is 0 Å². The van der Waals surface area contributed by atoms with Crippen molar-refractivity contribution in [3.8, 4) is 0 Å². The molecule has 66 valence electrons. The maximum atomic E-state index is 3.84. The van der Waals surface area contributed by atoms with E-state index in [1.54, 1.807) is 0 Å². The molecular weight excluding hydrogens is 148 g/mol. The van der Waals surface area contributed by atoms with Crippen molar-refractivity contribution >= 4 is 0 Å². The Labute approximate surface area is 74.0 Å². The lowest BCUT2D eigenvalue weighted by Crippen LogP contribution is -3.04. The van der Waals surface area contributed by atoms with E-state index in [1.165, 1.54) is 16.0 Å². The van der Waals surface area contributed by atoms with Crippen molar-refractivity contribution in [1.29, 1.82) is 0 Å². The average Bonchev–Trinajstić information content (AvgIpc) is 2.05. The molecule has 4 N–H and O–H groups in total. The van der Waals surface area contributed by atoms with Crippen molar-refractivity contribution in [2.45, 2.75) is 13.1 Å². The van der Waals surface area contributed by atoms with Gasteiger partial charge in [0.05, 0.1) is 20.6 Å². The second-order valence-electron chi connectivity index (χ2n) is 3.45. The van der Waals surface area contributed by atoms with E-state index in [0.29, 0.717) is 0 Å². The third-order valence-electron chi connectivity index (χ3n) is 1.87. The molecule has 0 saturated heterocycles. The number of hydrogen-bond donors (Lipinski definition) is 2. The van der Waals surface area contributed by atoms with Crippen molar-refractivity contribution in [1.82, 2.24) is 0 Å². The monoisotopic (exact) mass is 166 g/mol. The molecule has 12 heavy (non-hydrogen) atoms. The molecule has 0 aromatic heterocycles. The van der Waals surface area contributed by atoms with Gasteiger partial charge in [-0.2, -0.15) is 0 Å². The molecule has 0 bridgehead atoms. The van der Waals surface area contributed by atoms with Crippen molar-refractivity contribution < 1.29 is 10.6 Å². The maximum absolute atomic E-state index is 3.84. The Morgan fingerprint density at radius 3 is 2.00 bits per heavy atom. The van der Waals surface area contributed by atoms with Gasteiger partial charge in [-0.3, -0.25) is 0 Å². The topological polar surface area (TPSA) is 32.1 Å². The molecule has 0 heterocycles. The molecule has 0 aliphatic carbocycles. The zero-order valence-electron chi connectivity index (χ0n) is 7.93. The summed E-state index contributed by atoms with van der Waals surface area (Å²) in [5, 5.41) is 0. The number of rotatable bonds is 3.